The van der Waals surface area contributed by atoms with Gasteiger partial charge in [-0.3, -0.25) is 0 Å². The van der Waals surface area contributed by atoms with Crippen LogP contribution in [0.1, 0.15) is 36.6 Å². The number of anilines is 1. The van der Waals surface area contributed by atoms with Crippen LogP contribution in [0.25, 0.3) is 11.5 Å². The summed E-state index contributed by atoms with van der Waals surface area (Å²) in [5.41, 5.74) is 4.20. The van der Waals surface area contributed by atoms with Gasteiger partial charge in [-0.2, -0.15) is 0 Å². The highest BCUT2D eigenvalue weighted by Gasteiger charge is 2.21. The molecule has 1 fully saturated rings. The normalized spacial score (nSPS) is 14.6. The first-order valence-electron chi connectivity index (χ1n) is 11.3. The maximum Gasteiger partial charge on any atom is 0.226 e. The summed E-state index contributed by atoms with van der Waals surface area (Å²) in [7, 11) is 0. The van der Waals surface area contributed by atoms with E-state index in [1.807, 2.05) is 18.3 Å². The van der Waals surface area contributed by atoms with Gasteiger partial charge in [0.15, 0.2) is 5.96 Å². The Labute approximate surface area is 213 Å². The third kappa shape index (κ3) is 6.93. The Hall–Kier alpha value is -2.62. The van der Waals surface area contributed by atoms with Crippen LogP contribution in [0.4, 0.5) is 5.82 Å². The molecule has 0 aliphatic carbocycles. The molecule has 0 unspecified atom stereocenters. The number of aliphatic imine (C=N–C) groups is 1. The third-order valence-electron chi connectivity index (χ3n) is 5.65. The van der Waals surface area contributed by atoms with Gasteiger partial charge in [0.05, 0.1) is 6.54 Å². The number of piperidine rings is 1. The molecule has 3 heterocycles. The van der Waals surface area contributed by atoms with Gasteiger partial charge in [0, 0.05) is 37.4 Å². The zero-order valence-electron chi connectivity index (χ0n) is 19.5. The molecule has 1 saturated heterocycles. The van der Waals surface area contributed by atoms with E-state index in [4.69, 9.17) is 9.41 Å². The quantitative estimate of drug-likeness (QED) is 0.259. The van der Waals surface area contributed by atoms with Crippen molar-refractivity contribution in [3.63, 3.8) is 0 Å². The number of nitrogens with one attached hydrogen (secondary N) is 2. The largest absolute Gasteiger partial charge is 0.444 e. The number of hydrogen-bond acceptors (Lipinski definition) is 5. The van der Waals surface area contributed by atoms with E-state index in [2.05, 4.69) is 70.5 Å². The van der Waals surface area contributed by atoms with Crippen molar-refractivity contribution < 1.29 is 4.42 Å². The predicted molar refractivity (Wildman–Crippen MR) is 144 cm³/mol. The van der Waals surface area contributed by atoms with E-state index >= 15 is 0 Å². The van der Waals surface area contributed by atoms with E-state index in [9.17, 15) is 0 Å². The Morgan fingerprint density at radius 2 is 1.82 bits per heavy atom. The second-order valence-electron chi connectivity index (χ2n) is 8.30. The molecule has 0 amide bonds. The Morgan fingerprint density at radius 3 is 2.48 bits per heavy atom. The molecule has 0 radical (unpaired) electrons. The maximum atomic E-state index is 5.66. The van der Waals surface area contributed by atoms with Crippen LogP contribution in [-0.2, 0) is 6.54 Å². The first kappa shape index (κ1) is 25.0. The van der Waals surface area contributed by atoms with Crippen molar-refractivity contribution in [2.24, 2.45) is 4.99 Å². The summed E-state index contributed by atoms with van der Waals surface area (Å²) < 4.78 is 5.66. The van der Waals surface area contributed by atoms with Crippen molar-refractivity contribution in [1.29, 1.82) is 0 Å². The molecule has 8 heteroatoms. The van der Waals surface area contributed by atoms with E-state index in [-0.39, 0.29) is 24.0 Å². The van der Waals surface area contributed by atoms with Gasteiger partial charge in [-0.15, -0.1) is 24.0 Å². The Morgan fingerprint density at radius 1 is 1.09 bits per heavy atom. The van der Waals surface area contributed by atoms with E-state index in [1.165, 1.54) is 11.1 Å². The first-order chi connectivity index (χ1) is 15.6. The molecule has 1 aromatic carbocycles. The minimum absolute atomic E-state index is 0. The summed E-state index contributed by atoms with van der Waals surface area (Å²) in [4.78, 5) is 16.2. The highest BCUT2D eigenvalue weighted by atomic mass is 127. The van der Waals surface area contributed by atoms with Crippen LogP contribution in [0.15, 0.2) is 58.3 Å². The lowest BCUT2D eigenvalue weighted by Gasteiger charge is -2.33. The van der Waals surface area contributed by atoms with E-state index in [0.29, 0.717) is 18.5 Å². The lowest BCUT2D eigenvalue weighted by molar-refractivity contribution is 0.459. The second-order valence-corrected chi connectivity index (χ2v) is 8.30. The van der Waals surface area contributed by atoms with Gasteiger partial charge in [0.25, 0.3) is 0 Å². The van der Waals surface area contributed by atoms with Crippen molar-refractivity contribution in [1.82, 2.24) is 20.6 Å². The number of hydrogen-bond donors (Lipinski definition) is 2. The zero-order chi connectivity index (χ0) is 22.3. The smallest absolute Gasteiger partial charge is 0.226 e. The molecule has 1 aliphatic heterocycles. The van der Waals surface area contributed by atoms with Crippen molar-refractivity contribution >= 4 is 35.8 Å². The molecular formula is C25H33IN6O. The first-order valence-corrected chi connectivity index (χ1v) is 11.3. The summed E-state index contributed by atoms with van der Waals surface area (Å²) in [5, 5.41) is 6.93. The number of nitrogens with zero attached hydrogens (tertiary/aromatic N) is 4. The Kier molecular flexibility index (Phi) is 9.11. The minimum atomic E-state index is 0. The van der Waals surface area contributed by atoms with Crippen molar-refractivity contribution in [2.45, 2.75) is 46.2 Å². The zero-order valence-corrected chi connectivity index (χ0v) is 21.9. The van der Waals surface area contributed by atoms with Gasteiger partial charge >= 0.3 is 0 Å². The molecule has 2 aromatic heterocycles. The predicted octanol–water partition coefficient (Wildman–Crippen LogP) is 4.70. The van der Waals surface area contributed by atoms with Gasteiger partial charge in [0.2, 0.25) is 5.89 Å². The molecule has 0 saturated carbocycles. The van der Waals surface area contributed by atoms with Crippen LogP contribution in [-0.4, -0.2) is 41.6 Å². The third-order valence-corrected chi connectivity index (χ3v) is 5.65. The average Bonchev–Trinajstić information content (AvgIpc) is 3.28. The fourth-order valence-corrected chi connectivity index (χ4v) is 3.78. The number of benzene rings is 1. The molecule has 7 nitrogen and oxygen atoms in total. The Balaban J connectivity index is 0.00000306. The van der Waals surface area contributed by atoms with Gasteiger partial charge in [-0.1, -0.05) is 23.8 Å². The van der Waals surface area contributed by atoms with E-state index in [1.54, 1.807) is 6.26 Å². The molecule has 1 aliphatic rings. The van der Waals surface area contributed by atoms with Crippen LogP contribution < -0.4 is 15.5 Å². The number of rotatable bonds is 6. The topological polar surface area (TPSA) is 78.6 Å². The number of guanidine groups is 1. The SMILES string of the molecule is CCNC(=NCc1coc(-c2ccc(C)cc2)n1)NC1CCN(c2ccc(C)cn2)CC1.I. The lowest BCUT2D eigenvalue weighted by Crippen LogP contribution is -2.48. The maximum absolute atomic E-state index is 5.66. The Bertz CT molecular complexity index is 1020. The fraction of sp³-hybridized carbons (Fsp3) is 0.400. The number of oxazole rings is 1. The highest BCUT2D eigenvalue weighted by molar-refractivity contribution is 14.0. The van der Waals surface area contributed by atoms with Crippen molar-refractivity contribution in [3.05, 3.63) is 65.7 Å². The van der Waals surface area contributed by atoms with Gasteiger partial charge < -0.3 is 20.0 Å². The van der Waals surface area contributed by atoms with Crippen LogP contribution in [0.5, 0.6) is 0 Å². The molecule has 3 aromatic rings. The van der Waals surface area contributed by atoms with Crippen LogP contribution in [0.2, 0.25) is 0 Å². The number of aromatic nitrogens is 2. The summed E-state index contributed by atoms with van der Waals surface area (Å²) in [6, 6.07) is 12.8. The minimum Gasteiger partial charge on any atom is -0.444 e. The standard InChI is InChI=1S/C25H32N6O.HI/c1-4-26-25(28-16-22-17-32-24(29-22)20-8-5-18(2)6-9-20)30-21-11-13-31(14-12-21)23-10-7-19(3)15-27-23;/h5-10,15,17,21H,4,11-14,16H2,1-3H3,(H2,26,28,30);1H. The average molecular weight is 560 g/mol. The summed E-state index contributed by atoms with van der Waals surface area (Å²) in [6.07, 6.45) is 5.71. The van der Waals surface area contributed by atoms with Crippen molar-refractivity contribution in [3.8, 4) is 11.5 Å². The molecule has 0 spiro atoms. The summed E-state index contributed by atoms with van der Waals surface area (Å²) in [6.45, 7) is 9.46. The summed E-state index contributed by atoms with van der Waals surface area (Å²) >= 11 is 0. The number of pyridine rings is 1. The summed E-state index contributed by atoms with van der Waals surface area (Å²) in [5.74, 6) is 2.51. The second kappa shape index (κ2) is 12.0. The molecule has 33 heavy (non-hydrogen) atoms. The monoisotopic (exact) mass is 560 g/mol. The highest BCUT2D eigenvalue weighted by Crippen LogP contribution is 2.20. The lowest BCUT2D eigenvalue weighted by atomic mass is 10.1. The van der Waals surface area contributed by atoms with E-state index < -0.39 is 0 Å². The molecule has 2 N–H and O–H groups in total. The van der Waals surface area contributed by atoms with E-state index in [0.717, 1.165) is 55.5 Å². The van der Waals surface area contributed by atoms with Crippen LogP contribution >= 0.6 is 24.0 Å². The number of aryl methyl sites for hydroxylation is 2. The van der Waals surface area contributed by atoms with Gasteiger partial charge in [0.1, 0.15) is 17.8 Å². The number of halogens is 1. The van der Waals surface area contributed by atoms with Crippen molar-refractivity contribution in [2.75, 3.05) is 24.5 Å². The molecule has 0 atom stereocenters. The molecule has 0 bridgehead atoms. The molecular weight excluding hydrogens is 527 g/mol. The fourth-order valence-electron chi connectivity index (χ4n) is 3.78. The molecule has 4 rings (SSSR count). The van der Waals surface area contributed by atoms with Gasteiger partial charge in [-0.05, 0) is 57.4 Å². The van der Waals surface area contributed by atoms with Crippen LogP contribution in [0.3, 0.4) is 0 Å². The van der Waals surface area contributed by atoms with Gasteiger partial charge in [-0.25, -0.2) is 15.0 Å². The van der Waals surface area contributed by atoms with Crippen LogP contribution in [0, 0.1) is 13.8 Å². The molecule has 176 valence electrons.